The Morgan fingerprint density at radius 3 is 2.92 bits per heavy atom. The second-order valence-electron chi connectivity index (χ2n) is 2.61. The lowest BCUT2D eigenvalue weighted by molar-refractivity contribution is 0.976. The minimum Gasteiger partial charge on any atom is -0.291 e. The highest BCUT2D eigenvalue weighted by atomic mass is 15.1. The maximum absolute atomic E-state index is 4.34. The summed E-state index contributed by atoms with van der Waals surface area (Å²) < 4.78 is 1.88. The molecule has 60 valence electrons. The van der Waals surface area contributed by atoms with Crippen molar-refractivity contribution < 1.29 is 0 Å². The Balaban J connectivity index is 2.48. The zero-order chi connectivity index (χ0) is 8.39. The Hall–Kier alpha value is -1.64. The van der Waals surface area contributed by atoms with E-state index in [4.69, 9.17) is 0 Å². The van der Waals surface area contributed by atoms with E-state index in [2.05, 4.69) is 9.97 Å². The molecule has 0 N–H and O–H groups in total. The monoisotopic (exact) mass is 159 g/mol. The van der Waals surface area contributed by atoms with Crippen molar-refractivity contribution in [3.8, 4) is 5.82 Å². The van der Waals surface area contributed by atoms with Gasteiger partial charge in [0.15, 0.2) is 0 Å². The van der Waals surface area contributed by atoms with Crippen LogP contribution in [0.4, 0.5) is 0 Å². The van der Waals surface area contributed by atoms with Crippen LogP contribution >= 0.6 is 0 Å². The van der Waals surface area contributed by atoms with Crippen molar-refractivity contribution in [3.05, 3.63) is 42.6 Å². The maximum Gasteiger partial charge on any atom is 0.138 e. The van der Waals surface area contributed by atoms with Crippen molar-refractivity contribution in [3.63, 3.8) is 0 Å². The molecule has 0 atom stereocenters. The molecule has 0 radical (unpaired) electrons. The summed E-state index contributed by atoms with van der Waals surface area (Å²) in [6.45, 7) is 1.97. The van der Waals surface area contributed by atoms with E-state index in [0.717, 1.165) is 11.5 Å². The first-order valence-corrected chi connectivity index (χ1v) is 3.78. The molecule has 0 aromatic carbocycles. The quantitative estimate of drug-likeness (QED) is 0.632. The molecular formula is C9H9N3. The Morgan fingerprint density at radius 1 is 1.33 bits per heavy atom. The van der Waals surface area contributed by atoms with Crippen LogP contribution in [0.2, 0.25) is 0 Å². The minimum absolute atomic E-state index is 0.910. The molecule has 3 heteroatoms. The molecule has 0 fully saturated rings. The zero-order valence-corrected chi connectivity index (χ0v) is 6.81. The van der Waals surface area contributed by atoms with Crippen LogP contribution in [0.25, 0.3) is 5.82 Å². The molecule has 12 heavy (non-hydrogen) atoms. The molecule has 0 amide bonds. The van der Waals surface area contributed by atoms with E-state index in [0.29, 0.717) is 0 Å². The standard InChI is InChI=1S/C9H9N3/c1-8-3-2-4-9(11-8)12-6-5-10-7-12/h2-7H,1H3. The minimum atomic E-state index is 0.910. The molecule has 0 spiro atoms. The van der Waals surface area contributed by atoms with E-state index in [1.54, 1.807) is 12.5 Å². The van der Waals surface area contributed by atoms with Gasteiger partial charge in [-0.2, -0.15) is 0 Å². The molecule has 2 aromatic heterocycles. The van der Waals surface area contributed by atoms with Crippen molar-refractivity contribution in [2.75, 3.05) is 0 Å². The van der Waals surface area contributed by atoms with Crippen LogP contribution in [0.3, 0.4) is 0 Å². The predicted molar refractivity (Wildman–Crippen MR) is 46.1 cm³/mol. The summed E-state index contributed by atoms with van der Waals surface area (Å²) in [6.07, 6.45) is 5.35. The predicted octanol–water partition coefficient (Wildman–Crippen LogP) is 1.58. The molecule has 2 heterocycles. The summed E-state index contributed by atoms with van der Waals surface area (Å²) in [5.74, 6) is 0.910. The highest BCUT2D eigenvalue weighted by Gasteiger charge is 1.94. The lowest BCUT2D eigenvalue weighted by atomic mass is 10.4. The Morgan fingerprint density at radius 2 is 2.25 bits per heavy atom. The fourth-order valence-electron chi connectivity index (χ4n) is 1.07. The van der Waals surface area contributed by atoms with E-state index >= 15 is 0 Å². The second-order valence-corrected chi connectivity index (χ2v) is 2.61. The van der Waals surface area contributed by atoms with Crippen molar-refractivity contribution >= 4 is 0 Å². The summed E-state index contributed by atoms with van der Waals surface area (Å²) in [6, 6.07) is 5.91. The van der Waals surface area contributed by atoms with Crippen molar-refractivity contribution in [1.29, 1.82) is 0 Å². The fourth-order valence-corrected chi connectivity index (χ4v) is 1.07. The normalized spacial score (nSPS) is 10.1. The van der Waals surface area contributed by atoms with Gasteiger partial charge in [0, 0.05) is 18.1 Å². The second kappa shape index (κ2) is 2.77. The van der Waals surface area contributed by atoms with Gasteiger partial charge in [0.2, 0.25) is 0 Å². The molecule has 0 aliphatic heterocycles. The molecule has 2 aromatic rings. The number of hydrogen-bond acceptors (Lipinski definition) is 2. The third-order valence-electron chi connectivity index (χ3n) is 1.64. The Bertz CT molecular complexity index is 365. The molecule has 0 unspecified atom stereocenters. The first kappa shape index (κ1) is 7.03. The highest BCUT2D eigenvalue weighted by molar-refractivity contribution is 5.23. The van der Waals surface area contributed by atoms with Gasteiger partial charge in [-0.05, 0) is 19.1 Å². The van der Waals surface area contributed by atoms with Gasteiger partial charge in [-0.3, -0.25) is 4.57 Å². The molecular weight excluding hydrogens is 150 g/mol. The number of nitrogens with zero attached hydrogens (tertiary/aromatic N) is 3. The number of aryl methyl sites for hydroxylation is 1. The number of aromatic nitrogens is 3. The SMILES string of the molecule is Cc1cccc(-n2ccnc2)n1. The average molecular weight is 159 g/mol. The van der Waals surface area contributed by atoms with Crippen LogP contribution in [0.5, 0.6) is 0 Å². The molecule has 0 saturated carbocycles. The number of imidazole rings is 1. The lowest BCUT2D eigenvalue weighted by Crippen LogP contribution is -1.94. The van der Waals surface area contributed by atoms with Gasteiger partial charge in [0.25, 0.3) is 0 Å². The third-order valence-corrected chi connectivity index (χ3v) is 1.64. The van der Waals surface area contributed by atoms with Crippen LogP contribution in [-0.4, -0.2) is 14.5 Å². The smallest absolute Gasteiger partial charge is 0.138 e. The van der Waals surface area contributed by atoms with Crippen molar-refractivity contribution in [1.82, 2.24) is 14.5 Å². The van der Waals surface area contributed by atoms with Crippen LogP contribution in [0.15, 0.2) is 36.9 Å². The molecule has 0 saturated heterocycles. The fraction of sp³-hybridized carbons (Fsp3) is 0.111. The first-order chi connectivity index (χ1) is 5.86. The Labute approximate surface area is 70.7 Å². The topological polar surface area (TPSA) is 30.7 Å². The van der Waals surface area contributed by atoms with Crippen LogP contribution in [0, 0.1) is 6.92 Å². The third kappa shape index (κ3) is 1.21. The van der Waals surface area contributed by atoms with E-state index in [9.17, 15) is 0 Å². The van der Waals surface area contributed by atoms with Gasteiger partial charge >= 0.3 is 0 Å². The maximum atomic E-state index is 4.34. The van der Waals surface area contributed by atoms with Gasteiger partial charge in [-0.1, -0.05) is 6.07 Å². The van der Waals surface area contributed by atoms with Gasteiger partial charge in [0.1, 0.15) is 12.1 Å². The molecule has 2 rings (SSSR count). The van der Waals surface area contributed by atoms with Gasteiger partial charge in [-0.15, -0.1) is 0 Å². The van der Waals surface area contributed by atoms with E-state index in [1.165, 1.54) is 0 Å². The van der Waals surface area contributed by atoms with Crippen molar-refractivity contribution in [2.45, 2.75) is 6.92 Å². The summed E-state index contributed by atoms with van der Waals surface area (Å²) in [5.41, 5.74) is 1.02. The van der Waals surface area contributed by atoms with Crippen molar-refractivity contribution in [2.24, 2.45) is 0 Å². The van der Waals surface area contributed by atoms with E-state index < -0.39 is 0 Å². The van der Waals surface area contributed by atoms with Crippen LogP contribution < -0.4 is 0 Å². The zero-order valence-electron chi connectivity index (χ0n) is 6.81. The number of pyridine rings is 1. The number of rotatable bonds is 1. The van der Waals surface area contributed by atoms with Gasteiger partial charge in [-0.25, -0.2) is 9.97 Å². The van der Waals surface area contributed by atoms with E-state index in [-0.39, 0.29) is 0 Å². The summed E-state index contributed by atoms with van der Waals surface area (Å²) in [5, 5.41) is 0. The summed E-state index contributed by atoms with van der Waals surface area (Å²) >= 11 is 0. The average Bonchev–Trinajstić information content (AvgIpc) is 2.56. The Kier molecular flexibility index (Phi) is 1.63. The molecule has 3 nitrogen and oxygen atoms in total. The largest absolute Gasteiger partial charge is 0.291 e. The number of hydrogen-bond donors (Lipinski definition) is 0. The van der Waals surface area contributed by atoms with Crippen LogP contribution in [0.1, 0.15) is 5.69 Å². The van der Waals surface area contributed by atoms with Gasteiger partial charge in [0.05, 0.1) is 0 Å². The summed E-state index contributed by atoms with van der Waals surface area (Å²) in [4.78, 5) is 8.29. The lowest BCUT2D eigenvalue weighted by Gasteiger charge is -2.00. The van der Waals surface area contributed by atoms with Gasteiger partial charge < -0.3 is 0 Å². The van der Waals surface area contributed by atoms with Crippen LogP contribution in [-0.2, 0) is 0 Å². The molecule has 0 bridgehead atoms. The molecule has 0 aliphatic rings. The summed E-state index contributed by atoms with van der Waals surface area (Å²) in [7, 11) is 0. The molecule has 0 aliphatic carbocycles. The highest BCUT2D eigenvalue weighted by Crippen LogP contribution is 2.03. The first-order valence-electron chi connectivity index (χ1n) is 3.78. The van der Waals surface area contributed by atoms with E-state index in [1.807, 2.05) is 35.9 Å².